The van der Waals surface area contributed by atoms with Crippen LogP contribution in [0.4, 0.5) is 0 Å². The van der Waals surface area contributed by atoms with Crippen molar-refractivity contribution in [1.29, 1.82) is 0 Å². The monoisotopic (exact) mass is 331 g/mol. The molecule has 1 atom stereocenters. The van der Waals surface area contributed by atoms with Gasteiger partial charge < -0.3 is 4.90 Å². The first kappa shape index (κ1) is 15.4. The Morgan fingerprint density at radius 3 is 2.83 bits per heavy atom. The van der Waals surface area contributed by atoms with Gasteiger partial charge in [-0.05, 0) is 20.8 Å². The van der Waals surface area contributed by atoms with E-state index in [2.05, 4.69) is 15.1 Å². The lowest BCUT2D eigenvalue weighted by Crippen LogP contribution is -2.35. The van der Waals surface area contributed by atoms with E-state index in [4.69, 9.17) is 0 Å². The maximum atomic E-state index is 12.7. The predicted octanol–water partition coefficient (Wildman–Crippen LogP) is 1.93. The molecule has 0 bridgehead atoms. The van der Waals surface area contributed by atoms with Gasteiger partial charge in [-0.2, -0.15) is 0 Å². The van der Waals surface area contributed by atoms with Crippen LogP contribution < -0.4 is 5.56 Å². The normalized spacial score (nSPS) is 12.5. The lowest BCUT2D eigenvalue weighted by atomic mass is 10.2. The number of H-pyrrole nitrogens is 1. The molecule has 0 spiro atoms. The number of thiazole rings is 1. The average Bonchev–Trinajstić information content (AvgIpc) is 3.11. The summed E-state index contributed by atoms with van der Waals surface area (Å²) in [4.78, 5) is 35.2. The first-order valence-electron chi connectivity index (χ1n) is 7.15. The molecule has 3 heterocycles. The molecule has 1 amide bonds. The third kappa shape index (κ3) is 2.65. The van der Waals surface area contributed by atoms with Gasteiger partial charge in [-0.15, -0.1) is 11.3 Å². The summed E-state index contributed by atoms with van der Waals surface area (Å²) in [5, 5.41) is 5.66. The zero-order chi connectivity index (χ0) is 16.7. The van der Waals surface area contributed by atoms with E-state index in [-0.39, 0.29) is 17.5 Å². The summed E-state index contributed by atoms with van der Waals surface area (Å²) < 4.78 is 1.29. The summed E-state index contributed by atoms with van der Waals surface area (Å²) in [6.07, 6.45) is 1.34. The number of hydrogen-bond acceptors (Lipinski definition) is 5. The van der Waals surface area contributed by atoms with Crippen molar-refractivity contribution in [1.82, 2.24) is 24.5 Å². The van der Waals surface area contributed by atoms with Crippen molar-refractivity contribution in [3.63, 3.8) is 0 Å². The molecule has 1 N–H and O–H groups in total. The first-order chi connectivity index (χ1) is 10.9. The minimum absolute atomic E-state index is 0.0342. The van der Waals surface area contributed by atoms with Crippen LogP contribution in [0, 0.1) is 13.8 Å². The van der Waals surface area contributed by atoms with Crippen LogP contribution in [0.5, 0.6) is 0 Å². The van der Waals surface area contributed by atoms with Crippen molar-refractivity contribution < 1.29 is 4.79 Å². The molecule has 0 aliphatic carbocycles. The number of aryl methyl sites for hydroxylation is 2. The van der Waals surface area contributed by atoms with Crippen LogP contribution in [0.1, 0.15) is 39.7 Å². The standard InChI is InChI=1S/C15H17N5O2S/c1-8-5-12-16-6-11(15(22)20(12)18-8)14(21)19(4)10(3)13-17-9(2)7-23-13/h5-7,10,18H,1-4H3/t10-/m0/s1. The number of amides is 1. The summed E-state index contributed by atoms with van der Waals surface area (Å²) in [6.45, 7) is 5.62. The summed E-state index contributed by atoms with van der Waals surface area (Å²) in [5.41, 5.74) is 1.85. The van der Waals surface area contributed by atoms with E-state index in [9.17, 15) is 9.59 Å². The molecule has 0 fully saturated rings. The van der Waals surface area contributed by atoms with Crippen molar-refractivity contribution in [2.24, 2.45) is 0 Å². The third-order valence-electron chi connectivity index (χ3n) is 3.75. The molecule has 120 valence electrons. The molecule has 3 aromatic rings. The largest absolute Gasteiger partial charge is 0.332 e. The highest BCUT2D eigenvalue weighted by atomic mass is 32.1. The molecule has 3 rings (SSSR count). The van der Waals surface area contributed by atoms with E-state index in [0.29, 0.717) is 5.65 Å². The number of hydrogen-bond donors (Lipinski definition) is 1. The average molecular weight is 331 g/mol. The Hall–Kier alpha value is -2.48. The van der Waals surface area contributed by atoms with Gasteiger partial charge in [-0.3, -0.25) is 14.7 Å². The van der Waals surface area contributed by atoms with Crippen LogP contribution in [-0.4, -0.2) is 37.4 Å². The van der Waals surface area contributed by atoms with E-state index < -0.39 is 5.56 Å². The van der Waals surface area contributed by atoms with E-state index in [0.717, 1.165) is 16.4 Å². The van der Waals surface area contributed by atoms with E-state index >= 15 is 0 Å². The number of carbonyl (C=O) groups excluding carboxylic acids is 1. The molecular formula is C15H17N5O2S. The summed E-state index contributed by atoms with van der Waals surface area (Å²) >= 11 is 1.50. The fourth-order valence-electron chi connectivity index (χ4n) is 2.32. The number of rotatable bonds is 3. The van der Waals surface area contributed by atoms with Gasteiger partial charge >= 0.3 is 0 Å². The van der Waals surface area contributed by atoms with Crippen LogP contribution in [0.25, 0.3) is 5.65 Å². The Morgan fingerprint density at radius 1 is 1.43 bits per heavy atom. The van der Waals surface area contributed by atoms with Gasteiger partial charge in [0.05, 0.1) is 6.04 Å². The third-order valence-corrected chi connectivity index (χ3v) is 4.88. The van der Waals surface area contributed by atoms with Gasteiger partial charge in [0.25, 0.3) is 11.5 Å². The molecule has 0 aliphatic rings. The van der Waals surface area contributed by atoms with Crippen LogP contribution in [0.2, 0.25) is 0 Å². The first-order valence-corrected chi connectivity index (χ1v) is 8.03. The van der Waals surface area contributed by atoms with Crippen molar-refractivity contribution >= 4 is 22.9 Å². The molecule has 3 aromatic heterocycles. The quantitative estimate of drug-likeness (QED) is 0.795. The van der Waals surface area contributed by atoms with Crippen molar-refractivity contribution in [2.75, 3.05) is 7.05 Å². The SMILES string of the molecule is Cc1csc([C@H](C)N(C)C(=O)c2cnc3cc(C)[nH]n3c2=O)n1. The van der Waals surface area contributed by atoms with Crippen LogP contribution >= 0.6 is 11.3 Å². The van der Waals surface area contributed by atoms with Crippen molar-refractivity contribution in [3.8, 4) is 0 Å². The second-order valence-corrected chi connectivity index (χ2v) is 6.42. The predicted molar refractivity (Wildman–Crippen MR) is 87.9 cm³/mol. The smallest absolute Gasteiger partial charge is 0.285 e. The maximum Gasteiger partial charge on any atom is 0.285 e. The van der Waals surface area contributed by atoms with Crippen LogP contribution in [0.3, 0.4) is 0 Å². The number of fused-ring (bicyclic) bond motifs is 1. The Balaban J connectivity index is 1.96. The fraction of sp³-hybridized carbons (Fsp3) is 0.333. The van der Waals surface area contributed by atoms with Gasteiger partial charge in [0.15, 0.2) is 5.65 Å². The minimum Gasteiger partial charge on any atom is -0.332 e. The van der Waals surface area contributed by atoms with E-state index in [1.54, 1.807) is 13.1 Å². The Morgan fingerprint density at radius 2 is 2.17 bits per heavy atom. The lowest BCUT2D eigenvalue weighted by molar-refractivity contribution is 0.0739. The lowest BCUT2D eigenvalue weighted by Gasteiger charge is -2.22. The molecule has 0 aromatic carbocycles. The van der Waals surface area contributed by atoms with Gasteiger partial charge in [-0.1, -0.05) is 0 Å². The highest BCUT2D eigenvalue weighted by Crippen LogP contribution is 2.23. The number of nitrogens with one attached hydrogen (secondary N) is 1. The Bertz CT molecular complexity index is 939. The second kappa shape index (κ2) is 5.62. The van der Waals surface area contributed by atoms with Crippen molar-refractivity contribution in [2.45, 2.75) is 26.8 Å². The molecule has 0 aliphatic heterocycles. The molecule has 23 heavy (non-hydrogen) atoms. The van der Waals surface area contributed by atoms with Crippen LogP contribution in [-0.2, 0) is 0 Å². The zero-order valence-corrected chi connectivity index (χ0v) is 14.1. The van der Waals surface area contributed by atoms with Gasteiger partial charge in [-0.25, -0.2) is 14.5 Å². The maximum absolute atomic E-state index is 12.7. The molecule has 7 nitrogen and oxygen atoms in total. The number of aromatic nitrogens is 4. The van der Waals surface area contributed by atoms with Gasteiger partial charge in [0.2, 0.25) is 0 Å². The molecular weight excluding hydrogens is 314 g/mol. The van der Waals surface area contributed by atoms with Gasteiger partial charge in [0, 0.05) is 36.1 Å². The summed E-state index contributed by atoms with van der Waals surface area (Å²) in [7, 11) is 1.66. The van der Waals surface area contributed by atoms with Crippen LogP contribution in [0.15, 0.2) is 22.4 Å². The number of nitrogens with zero attached hydrogens (tertiary/aromatic N) is 4. The summed E-state index contributed by atoms with van der Waals surface area (Å²) in [6, 6.07) is 1.53. The minimum atomic E-state index is -0.400. The number of carbonyl (C=O) groups is 1. The molecule has 8 heteroatoms. The fourth-order valence-corrected chi connectivity index (χ4v) is 3.22. The van der Waals surface area contributed by atoms with Crippen molar-refractivity contribution in [3.05, 3.63) is 50.0 Å². The second-order valence-electron chi connectivity index (χ2n) is 5.53. The Labute approximate surface area is 136 Å². The van der Waals surface area contributed by atoms with E-state index in [1.807, 2.05) is 26.2 Å². The topological polar surface area (TPSA) is 83.4 Å². The van der Waals surface area contributed by atoms with Gasteiger partial charge in [0.1, 0.15) is 10.6 Å². The highest BCUT2D eigenvalue weighted by molar-refractivity contribution is 7.09. The molecule has 0 saturated heterocycles. The zero-order valence-electron chi connectivity index (χ0n) is 13.3. The molecule has 0 saturated carbocycles. The van der Waals surface area contributed by atoms with E-state index in [1.165, 1.54) is 26.9 Å². The summed E-state index contributed by atoms with van der Waals surface area (Å²) in [5.74, 6) is -0.371. The molecule has 0 unspecified atom stereocenters. The Kier molecular flexibility index (Phi) is 3.77. The molecule has 0 radical (unpaired) electrons. The highest BCUT2D eigenvalue weighted by Gasteiger charge is 2.24. The number of aromatic amines is 1.